The van der Waals surface area contributed by atoms with Gasteiger partial charge in [0.05, 0.1) is 0 Å². The van der Waals surface area contributed by atoms with Crippen molar-refractivity contribution in [3.63, 3.8) is 0 Å². The van der Waals surface area contributed by atoms with Crippen molar-refractivity contribution in [3.8, 4) is 22.5 Å². The molecule has 0 radical (unpaired) electrons. The fourth-order valence-corrected chi connectivity index (χ4v) is 4.24. The molecule has 0 amide bonds. The predicted octanol–water partition coefficient (Wildman–Crippen LogP) is 5.64. The van der Waals surface area contributed by atoms with Gasteiger partial charge in [-0.15, -0.1) is 0 Å². The van der Waals surface area contributed by atoms with E-state index < -0.39 is 0 Å². The lowest BCUT2D eigenvalue weighted by atomic mass is 9.75. The van der Waals surface area contributed by atoms with Crippen LogP contribution >= 0.6 is 0 Å². The summed E-state index contributed by atoms with van der Waals surface area (Å²) < 4.78 is 15.3. The van der Waals surface area contributed by atoms with Gasteiger partial charge in [-0.1, -0.05) is 44.2 Å². The summed E-state index contributed by atoms with van der Waals surface area (Å²) in [5.41, 5.74) is 4.69. The summed E-state index contributed by atoms with van der Waals surface area (Å²) in [6.07, 6.45) is 6.27. The van der Waals surface area contributed by atoms with Gasteiger partial charge in [0.25, 0.3) is 0 Å². The summed E-state index contributed by atoms with van der Waals surface area (Å²) >= 11 is 0. The topological polar surface area (TPSA) is 53.6 Å². The van der Waals surface area contributed by atoms with E-state index in [0.29, 0.717) is 29.4 Å². The van der Waals surface area contributed by atoms with E-state index in [2.05, 4.69) is 34.3 Å². The van der Waals surface area contributed by atoms with Crippen LogP contribution in [0.15, 0.2) is 42.7 Å². The van der Waals surface area contributed by atoms with Gasteiger partial charge in [0.15, 0.2) is 5.82 Å². The number of nitrogens with zero attached hydrogens (tertiary/aromatic N) is 2. The number of benzene rings is 2. The molecular weight excluding hydrogens is 363 g/mol. The molecule has 0 bridgehead atoms. The van der Waals surface area contributed by atoms with Crippen LogP contribution < -0.4 is 5.32 Å². The van der Waals surface area contributed by atoms with Crippen LogP contribution in [-0.4, -0.2) is 21.2 Å². The van der Waals surface area contributed by atoms with E-state index >= 15 is 4.39 Å². The molecule has 152 valence electrons. The van der Waals surface area contributed by atoms with E-state index in [9.17, 15) is 0 Å². The van der Waals surface area contributed by atoms with Crippen molar-refractivity contribution in [1.82, 2.24) is 20.5 Å². The smallest absolute Gasteiger partial charge is 0.155 e. The SMILES string of the molecule is Cc1cc(-c2ncn[nH]2)ccc1-c1cccc(CNC2CCC(C)(C)CC2)c1F. The Hall–Kier alpha value is -2.53. The minimum atomic E-state index is -0.133. The van der Waals surface area contributed by atoms with Crippen LogP contribution in [0.1, 0.15) is 50.7 Å². The largest absolute Gasteiger partial charge is 0.310 e. The van der Waals surface area contributed by atoms with E-state index in [4.69, 9.17) is 0 Å². The number of hydrogen-bond donors (Lipinski definition) is 2. The maximum Gasteiger partial charge on any atom is 0.155 e. The van der Waals surface area contributed by atoms with Crippen LogP contribution in [0.3, 0.4) is 0 Å². The zero-order valence-corrected chi connectivity index (χ0v) is 17.4. The molecule has 29 heavy (non-hydrogen) atoms. The molecule has 3 aromatic rings. The Morgan fingerprint density at radius 1 is 1.14 bits per heavy atom. The summed E-state index contributed by atoms with van der Waals surface area (Å²) in [6.45, 7) is 7.24. The minimum Gasteiger partial charge on any atom is -0.310 e. The van der Waals surface area contributed by atoms with Gasteiger partial charge >= 0.3 is 0 Å². The average molecular weight is 393 g/mol. The van der Waals surface area contributed by atoms with Gasteiger partial charge in [0.1, 0.15) is 12.1 Å². The van der Waals surface area contributed by atoms with Crippen molar-refractivity contribution >= 4 is 0 Å². The van der Waals surface area contributed by atoms with Gasteiger partial charge in [0, 0.05) is 29.3 Å². The number of H-pyrrole nitrogens is 1. The standard InChI is InChI=1S/C24H29FN4/c1-16-13-17(23-27-15-28-29-23)7-8-20(16)21-6-4-5-18(22(21)25)14-26-19-9-11-24(2,3)12-10-19/h4-8,13,15,19,26H,9-12,14H2,1-3H3,(H,27,28,29). The Kier molecular flexibility index (Phi) is 5.50. The first-order valence-corrected chi connectivity index (χ1v) is 10.4. The number of aryl methyl sites for hydroxylation is 1. The Bertz CT molecular complexity index is 969. The van der Waals surface area contributed by atoms with E-state index in [0.717, 1.165) is 35.1 Å². The Labute approximate surface area is 172 Å². The number of hydrogen-bond acceptors (Lipinski definition) is 3. The zero-order chi connectivity index (χ0) is 20.4. The second-order valence-corrected chi connectivity index (χ2v) is 8.96. The lowest BCUT2D eigenvalue weighted by molar-refractivity contribution is 0.205. The molecule has 0 atom stereocenters. The van der Waals surface area contributed by atoms with E-state index in [1.807, 2.05) is 43.3 Å². The van der Waals surface area contributed by atoms with Crippen molar-refractivity contribution in [2.24, 2.45) is 5.41 Å². The third-order valence-electron chi connectivity index (χ3n) is 6.20. The van der Waals surface area contributed by atoms with Gasteiger partial charge in [-0.2, -0.15) is 5.10 Å². The molecule has 4 rings (SSSR count). The summed E-state index contributed by atoms with van der Waals surface area (Å²) in [5, 5.41) is 10.3. The maximum absolute atomic E-state index is 15.3. The van der Waals surface area contributed by atoms with Crippen LogP contribution in [0.25, 0.3) is 22.5 Å². The molecule has 0 spiro atoms. The Balaban J connectivity index is 1.51. The zero-order valence-electron chi connectivity index (χ0n) is 17.4. The molecule has 0 unspecified atom stereocenters. The van der Waals surface area contributed by atoms with Crippen molar-refractivity contribution in [3.05, 3.63) is 59.7 Å². The summed E-state index contributed by atoms with van der Waals surface area (Å²) in [6, 6.07) is 12.1. The van der Waals surface area contributed by atoms with E-state index in [1.165, 1.54) is 19.2 Å². The number of nitrogens with one attached hydrogen (secondary N) is 2. The second kappa shape index (κ2) is 8.07. The number of rotatable bonds is 5. The third kappa shape index (κ3) is 4.40. The molecule has 1 aliphatic carbocycles. The second-order valence-electron chi connectivity index (χ2n) is 8.96. The van der Waals surface area contributed by atoms with Crippen molar-refractivity contribution in [2.45, 2.75) is 59.0 Å². The Morgan fingerprint density at radius 2 is 1.93 bits per heavy atom. The normalized spacial score (nSPS) is 16.8. The van der Waals surface area contributed by atoms with Crippen LogP contribution in [0.2, 0.25) is 0 Å². The van der Waals surface area contributed by atoms with Gasteiger partial charge in [-0.05, 0) is 55.2 Å². The summed E-state index contributed by atoms with van der Waals surface area (Å²) in [5.74, 6) is 0.584. The molecule has 0 saturated heterocycles. The molecule has 1 aromatic heterocycles. The van der Waals surface area contributed by atoms with Crippen LogP contribution in [-0.2, 0) is 6.54 Å². The lowest BCUT2D eigenvalue weighted by Gasteiger charge is -2.34. The van der Waals surface area contributed by atoms with Gasteiger partial charge < -0.3 is 5.32 Å². The minimum absolute atomic E-state index is 0.133. The highest BCUT2D eigenvalue weighted by molar-refractivity contribution is 5.72. The quantitative estimate of drug-likeness (QED) is 0.590. The molecular formula is C24H29FN4. The number of halogens is 1. The first-order valence-electron chi connectivity index (χ1n) is 10.4. The fourth-order valence-electron chi connectivity index (χ4n) is 4.24. The highest BCUT2D eigenvalue weighted by atomic mass is 19.1. The molecule has 1 saturated carbocycles. The summed E-state index contributed by atoms with van der Waals surface area (Å²) in [7, 11) is 0. The van der Waals surface area contributed by atoms with Crippen molar-refractivity contribution < 1.29 is 4.39 Å². The number of aromatic amines is 1. The first-order chi connectivity index (χ1) is 13.9. The number of aromatic nitrogens is 3. The van der Waals surface area contributed by atoms with Crippen molar-refractivity contribution in [1.29, 1.82) is 0 Å². The first kappa shape index (κ1) is 19.8. The third-order valence-corrected chi connectivity index (χ3v) is 6.20. The molecule has 4 nitrogen and oxygen atoms in total. The molecule has 1 fully saturated rings. The summed E-state index contributed by atoms with van der Waals surface area (Å²) in [4.78, 5) is 4.19. The molecule has 1 heterocycles. The molecule has 2 N–H and O–H groups in total. The molecule has 1 aliphatic rings. The fraction of sp³-hybridized carbons (Fsp3) is 0.417. The monoisotopic (exact) mass is 392 g/mol. The van der Waals surface area contributed by atoms with E-state index in [1.54, 1.807) is 0 Å². The average Bonchev–Trinajstić information content (AvgIpc) is 3.23. The Morgan fingerprint density at radius 3 is 2.62 bits per heavy atom. The molecule has 5 heteroatoms. The van der Waals surface area contributed by atoms with Crippen LogP contribution in [0, 0.1) is 18.2 Å². The predicted molar refractivity (Wildman–Crippen MR) is 115 cm³/mol. The highest BCUT2D eigenvalue weighted by Gasteiger charge is 2.26. The van der Waals surface area contributed by atoms with Gasteiger partial charge in [-0.25, -0.2) is 9.37 Å². The van der Waals surface area contributed by atoms with Crippen LogP contribution in [0.4, 0.5) is 4.39 Å². The van der Waals surface area contributed by atoms with Crippen LogP contribution in [0.5, 0.6) is 0 Å². The van der Waals surface area contributed by atoms with Crippen molar-refractivity contribution in [2.75, 3.05) is 0 Å². The molecule has 2 aromatic carbocycles. The highest BCUT2D eigenvalue weighted by Crippen LogP contribution is 2.35. The van der Waals surface area contributed by atoms with Gasteiger partial charge in [0.2, 0.25) is 0 Å². The lowest BCUT2D eigenvalue weighted by Crippen LogP contribution is -2.35. The van der Waals surface area contributed by atoms with E-state index in [-0.39, 0.29) is 5.82 Å². The maximum atomic E-state index is 15.3. The molecule has 0 aliphatic heterocycles. The van der Waals surface area contributed by atoms with Gasteiger partial charge in [-0.3, -0.25) is 5.10 Å².